The Morgan fingerprint density at radius 1 is 0.677 bits per heavy atom. The van der Waals surface area contributed by atoms with Crippen LogP contribution in [-0.4, -0.2) is 131 Å². The lowest BCUT2D eigenvalue weighted by molar-refractivity contribution is -0.350. The molecule has 0 spiro atoms. The summed E-state index contributed by atoms with van der Waals surface area (Å²) >= 11 is 0. The largest absolute Gasteiger partial charge is 0.397 e. The summed E-state index contributed by atoms with van der Waals surface area (Å²) in [6.07, 6.45) is -20.0. The molecule has 0 radical (unpaired) electrons. The number of rotatable bonds is 8. The molecule has 0 aromatic rings. The fourth-order valence-electron chi connectivity index (χ4n) is 3.03. The Morgan fingerprint density at radius 2 is 1.19 bits per heavy atom. The van der Waals surface area contributed by atoms with Crippen molar-refractivity contribution in [1.82, 2.24) is 0 Å². The molecule has 2 heterocycles. The van der Waals surface area contributed by atoms with Crippen LogP contribution >= 0.6 is 0 Å². The minimum Gasteiger partial charge on any atom is -0.394 e. The highest BCUT2D eigenvalue weighted by Gasteiger charge is 2.53. The number of aliphatic hydroxyl groups excluding tert-OH is 6. The van der Waals surface area contributed by atoms with Gasteiger partial charge in [0.2, 0.25) is 0 Å². The van der Waals surface area contributed by atoms with Gasteiger partial charge in [-0.2, -0.15) is 16.8 Å². The van der Waals surface area contributed by atoms with Crippen LogP contribution in [0.1, 0.15) is 0 Å². The molecule has 184 valence electrons. The van der Waals surface area contributed by atoms with E-state index < -0.39 is 95.4 Å². The van der Waals surface area contributed by atoms with Crippen molar-refractivity contribution in [3.05, 3.63) is 0 Å². The fraction of sp³-hybridized carbons (Fsp3) is 1.00. The number of hydrogen-bond donors (Lipinski definition) is 8. The van der Waals surface area contributed by atoms with E-state index in [1.807, 2.05) is 0 Å². The zero-order chi connectivity index (χ0) is 23.7. The molecule has 2 saturated heterocycles. The van der Waals surface area contributed by atoms with E-state index in [-0.39, 0.29) is 0 Å². The highest BCUT2D eigenvalue weighted by molar-refractivity contribution is 7.81. The molecule has 0 aliphatic carbocycles. The minimum absolute atomic E-state index is 0.920. The van der Waals surface area contributed by atoms with Gasteiger partial charge in [-0.05, 0) is 0 Å². The Hall–Kier alpha value is -0.620. The molecule has 2 fully saturated rings. The van der Waals surface area contributed by atoms with Gasteiger partial charge in [-0.25, -0.2) is 8.37 Å². The topological polar surface area (TPSA) is 276 Å². The summed E-state index contributed by atoms with van der Waals surface area (Å²) in [5.41, 5.74) is 0. The first-order chi connectivity index (χ1) is 14.2. The zero-order valence-electron chi connectivity index (χ0n) is 15.3. The van der Waals surface area contributed by atoms with Crippen molar-refractivity contribution in [3.8, 4) is 0 Å². The van der Waals surface area contributed by atoms with Crippen LogP contribution in [0.2, 0.25) is 0 Å². The van der Waals surface area contributed by atoms with Crippen LogP contribution in [0.5, 0.6) is 0 Å². The molecular formula is C12H22O17S2. The van der Waals surface area contributed by atoms with Crippen LogP contribution in [0, 0.1) is 0 Å². The smallest absolute Gasteiger partial charge is 0.394 e. The first-order valence-electron chi connectivity index (χ1n) is 8.40. The van der Waals surface area contributed by atoms with E-state index in [0.29, 0.717) is 0 Å². The Balaban J connectivity index is 2.34. The van der Waals surface area contributed by atoms with Crippen molar-refractivity contribution in [1.29, 1.82) is 0 Å². The second-order valence-corrected chi connectivity index (χ2v) is 8.62. The monoisotopic (exact) mass is 502 g/mol. The Morgan fingerprint density at radius 3 is 1.68 bits per heavy atom. The van der Waals surface area contributed by atoms with Crippen LogP contribution in [0.4, 0.5) is 0 Å². The number of aliphatic hydroxyl groups is 6. The molecule has 10 atom stereocenters. The maximum absolute atomic E-state index is 11.1. The third-order valence-electron chi connectivity index (χ3n) is 4.40. The lowest BCUT2D eigenvalue weighted by Crippen LogP contribution is -2.65. The van der Waals surface area contributed by atoms with Gasteiger partial charge in [0.1, 0.15) is 36.6 Å². The van der Waals surface area contributed by atoms with E-state index in [4.69, 9.17) is 23.3 Å². The summed E-state index contributed by atoms with van der Waals surface area (Å²) in [4.78, 5) is 0. The van der Waals surface area contributed by atoms with Gasteiger partial charge in [-0.15, -0.1) is 0 Å². The fourth-order valence-corrected chi connectivity index (χ4v) is 4.01. The molecule has 17 nitrogen and oxygen atoms in total. The van der Waals surface area contributed by atoms with Crippen molar-refractivity contribution in [2.24, 2.45) is 0 Å². The lowest BCUT2D eigenvalue weighted by atomic mass is 9.97. The van der Waals surface area contributed by atoms with Crippen molar-refractivity contribution >= 4 is 20.8 Å². The maximum atomic E-state index is 11.1. The molecule has 0 aromatic carbocycles. The average Bonchev–Trinajstić information content (AvgIpc) is 2.64. The average molecular weight is 502 g/mol. The summed E-state index contributed by atoms with van der Waals surface area (Å²) < 4.78 is 85.3. The second-order valence-electron chi connectivity index (χ2n) is 6.52. The number of ether oxygens (including phenoxy) is 3. The van der Waals surface area contributed by atoms with Gasteiger partial charge in [0.05, 0.1) is 13.2 Å². The van der Waals surface area contributed by atoms with E-state index in [0.717, 1.165) is 0 Å². The third kappa shape index (κ3) is 6.69. The summed E-state index contributed by atoms with van der Waals surface area (Å²) in [6, 6.07) is 0. The molecule has 0 saturated carbocycles. The van der Waals surface area contributed by atoms with Crippen LogP contribution in [0.15, 0.2) is 0 Å². The third-order valence-corrected chi connectivity index (χ3v) is 5.33. The predicted octanol–water partition coefficient (Wildman–Crippen LogP) is -5.74. The highest BCUT2D eigenvalue weighted by Crippen LogP contribution is 2.31. The molecule has 31 heavy (non-hydrogen) atoms. The van der Waals surface area contributed by atoms with Gasteiger partial charge in [-0.3, -0.25) is 9.11 Å². The Kier molecular flexibility index (Phi) is 8.68. The van der Waals surface area contributed by atoms with E-state index in [1.165, 1.54) is 0 Å². The van der Waals surface area contributed by atoms with E-state index in [1.54, 1.807) is 0 Å². The standard InChI is InChI=1S/C12H22O17S2/c13-1-3-5(15)6(16)10(29-31(22,23)24)12(26-3)27-8-4(2-14)25-11(18)9(7(8)17)28-30(19,20)21/h3-18H,1-2H2,(H,19,20,21)(H,22,23,24)/t3-,4-,5-,6+,7+,8-,9-,10-,11+,12-/m1/s1. The summed E-state index contributed by atoms with van der Waals surface area (Å²) in [6.45, 7) is -1.89. The predicted molar refractivity (Wildman–Crippen MR) is 89.4 cm³/mol. The molecular weight excluding hydrogens is 480 g/mol. The minimum atomic E-state index is -5.27. The van der Waals surface area contributed by atoms with Crippen LogP contribution in [0.3, 0.4) is 0 Å². The van der Waals surface area contributed by atoms with Gasteiger partial charge in [0.15, 0.2) is 24.8 Å². The molecule has 19 heteroatoms. The van der Waals surface area contributed by atoms with Gasteiger partial charge in [0, 0.05) is 0 Å². The molecule has 8 N–H and O–H groups in total. The highest BCUT2D eigenvalue weighted by atomic mass is 32.3. The molecule has 2 aliphatic rings. The first kappa shape index (κ1) is 26.6. The molecule has 0 unspecified atom stereocenters. The van der Waals surface area contributed by atoms with Gasteiger partial charge in [0.25, 0.3) is 0 Å². The summed E-state index contributed by atoms with van der Waals surface area (Å²) in [5.74, 6) is 0. The van der Waals surface area contributed by atoms with Crippen LogP contribution < -0.4 is 0 Å². The summed E-state index contributed by atoms with van der Waals surface area (Å²) in [5, 5.41) is 58.8. The van der Waals surface area contributed by atoms with Gasteiger partial charge in [-0.1, -0.05) is 0 Å². The molecule has 2 rings (SSSR count). The van der Waals surface area contributed by atoms with E-state index >= 15 is 0 Å². The van der Waals surface area contributed by atoms with E-state index in [9.17, 15) is 47.5 Å². The molecule has 0 amide bonds. The first-order valence-corrected chi connectivity index (χ1v) is 11.1. The van der Waals surface area contributed by atoms with Crippen molar-refractivity contribution in [3.63, 3.8) is 0 Å². The van der Waals surface area contributed by atoms with Gasteiger partial charge < -0.3 is 44.8 Å². The van der Waals surface area contributed by atoms with Crippen LogP contribution in [0.25, 0.3) is 0 Å². The van der Waals surface area contributed by atoms with Gasteiger partial charge >= 0.3 is 20.8 Å². The second kappa shape index (κ2) is 10.1. The summed E-state index contributed by atoms with van der Waals surface area (Å²) in [7, 11) is -10.5. The SMILES string of the molecule is O=S(=O)(O)O[C@@H]1[C@@H](O)[C@H](O[C@H]2O[C@H](CO)[C@@H](O)[C@H](O)[C@H]2OS(=O)(=O)O)[C@@H](CO)O[C@@H]1O. The molecule has 0 aromatic heterocycles. The molecule has 2 aliphatic heterocycles. The maximum Gasteiger partial charge on any atom is 0.397 e. The lowest BCUT2D eigenvalue weighted by Gasteiger charge is -2.46. The molecule has 0 bridgehead atoms. The van der Waals surface area contributed by atoms with Crippen molar-refractivity contribution < 1.29 is 79.2 Å². The van der Waals surface area contributed by atoms with Crippen molar-refractivity contribution in [2.75, 3.05) is 13.2 Å². The Bertz CT molecular complexity index is 800. The van der Waals surface area contributed by atoms with Crippen molar-refractivity contribution in [2.45, 2.75) is 61.4 Å². The Labute approximate surface area is 175 Å². The van der Waals surface area contributed by atoms with Crippen LogP contribution in [-0.2, 0) is 43.4 Å². The van der Waals surface area contributed by atoms with E-state index in [2.05, 4.69) is 8.37 Å². The zero-order valence-corrected chi connectivity index (χ0v) is 16.9. The number of hydrogen-bond acceptors (Lipinski definition) is 15. The quantitative estimate of drug-likeness (QED) is 0.143. The normalized spacial score (nSPS) is 42.5.